The fraction of sp³-hybridized carbons (Fsp3) is 0.925. The normalized spacial score (nSPS) is 12.6. The van der Waals surface area contributed by atoms with Crippen LogP contribution in [-0.2, 0) is 14.3 Å². The van der Waals surface area contributed by atoms with Gasteiger partial charge in [-0.2, -0.15) is 0 Å². The molecule has 0 saturated carbocycles. The first kappa shape index (κ1) is 84.3. The van der Waals surface area contributed by atoms with E-state index < -0.39 is 12.1 Å². The summed E-state index contributed by atoms with van der Waals surface area (Å²) in [6.45, 7) is 4.93. The van der Waals surface area contributed by atoms with Crippen molar-refractivity contribution in [2.45, 2.75) is 463 Å². The third kappa shape index (κ3) is 71.4. The van der Waals surface area contributed by atoms with Crippen LogP contribution in [0.15, 0.2) is 24.3 Å². The number of aliphatic hydroxyl groups excluding tert-OH is 2. The van der Waals surface area contributed by atoms with E-state index in [1.807, 2.05) is 0 Å². The van der Waals surface area contributed by atoms with Crippen molar-refractivity contribution in [1.29, 1.82) is 0 Å². The number of rotatable bonds is 75. The summed E-state index contributed by atoms with van der Waals surface area (Å²) in [6.07, 6.45) is 97.1. The fourth-order valence-electron chi connectivity index (χ4n) is 12.7. The summed E-state index contributed by atoms with van der Waals surface area (Å²) < 4.78 is 5.48. The van der Waals surface area contributed by atoms with Gasteiger partial charge >= 0.3 is 5.97 Å². The average Bonchev–Trinajstić information content (AvgIpc) is 3.59. The van der Waals surface area contributed by atoms with Gasteiger partial charge in [-0.15, -0.1) is 0 Å². The second kappa shape index (κ2) is 75.8. The maximum absolute atomic E-state index is 12.5. The Bertz CT molecular complexity index is 1350. The monoisotopic (exact) mass is 1210 g/mol. The van der Waals surface area contributed by atoms with Crippen molar-refractivity contribution in [1.82, 2.24) is 5.32 Å². The zero-order valence-electron chi connectivity index (χ0n) is 58.6. The van der Waals surface area contributed by atoms with Crippen LogP contribution in [0.5, 0.6) is 0 Å². The molecule has 0 saturated heterocycles. The van der Waals surface area contributed by atoms with Gasteiger partial charge in [-0.25, -0.2) is 0 Å². The van der Waals surface area contributed by atoms with Gasteiger partial charge in [0.2, 0.25) is 5.91 Å². The number of ether oxygens (including phenoxy) is 1. The van der Waals surface area contributed by atoms with Crippen molar-refractivity contribution in [3.05, 3.63) is 24.3 Å². The third-order valence-corrected chi connectivity index (χ3v) is 18.7. The minimum atomic E-state index is -0.660. The van der Waals surface area contributed by atoms with Crippen LogP contribution >= 0.6 is 0 Å². The van der Waals surface area contributed by atoms with Crippen molar-refractivity contribution in [3.8, 4) is 0 Å². The van der Waals surface area contributed by atoms with E-state index in [1.165, 1.54) is 366 Å². The molecule has 0 aromatic heterocycles. The molecule has 3 N–H and O–H groups in total. The highest BCUT2D eigenvalue weighted by molar-refractivity contribution is 5.76. The van der Waals surface area contributed by atoms with E-state index in [9.17, 15) is 19.8 Å². The van der Waals surface area contributed by atoms with Crippen LogP contribution in [0.3, 0.4) is 0 Å². The van der Waals surface area contributed by atoms with Crippen molar-refractivity contribution in [3.63, 3.8) is 0 Å². The molecule has 0 bridgehead atoms. The van der Waals surface area contributed by atoms with Crippen LogP contribution in [0.1, 0.15) is 450 Å². The third-order valence-electron chi connectivity index (χ3n) is 18.7. The van der Waals surface area contributed by atoms with Crippen LogP contribution < -0.4 is 5.32 Å². The SMILES string of the molecule is CCC/C=C\C/C=C\CCCCCCCC(=O)OCCCCCCCCCCCCCCCCCCCCCCCCCCCCCCCCCCCCCCCCCC(=O)NC(CO)C(O)CCCCCCCCCCCCCCCCCCC. The molecule has 0 aliphatic rings. The Kier molecular flexibility index (Phi) is 74.3. The predicted molar refractivity (Wildman–Crippen MR) is 380 cm³/mol. The minimum absolute atomic E-state index is 0.00929. The lowest BCUT2D eigenvalue weighted by Crippen LogP contribution is -2.45. The fourth-order valence-corrected chi connectivity index (χ4v) is 12.7. The number of esters is 1. The molecule has 86 heavy (non-hydrogen) atoms. The molecular weight excluding hydrogens is 1050 g/mol. The van der Waals surface area contributed by atoms with Crippen LogP contribution in [0.2, 0.25) is 0 Å². The molecular formula is C80H155NO5. The van der Waals surface area contributed by atoms with Gasteiger partial charge in [0, 0.05) is 12.8 Å². The van der Waals surface area contributed by atoms with E-state index in [0.29, 0.717) is 25.9 Å². The molecule has 6 heteroatoms. The molecule has 0 aromatic carbocycles. The smallest absolute Gasteiger partial charge is 0.305 e. The molecule has 510 valence electrons. The van der Waals surface area contributed by atoms with Gasteiger partial charge in [0.1, 0.15) is 0 Å². The molecule has 0 rings (SSSR count). The average molecular weight is 1210 g/mol. The maximum Gasteiger partial charge on any atom is 0.305 e. The Morgan fingerprint density at radius 2 is 0.605 bits per heavy atom. The number of carbonyl (C=O) groups excluding carboxylic acids is 2. The van der Waals surface area contributed by atoms with Crippen molar-refractivity contribution in [2.75, 3.05) is 13.2 Å². The van der Waals surface area contributed by atoms with Crippen molar-refractivity contribution in [2.24, 2.45) is 0 Å². The molecule has 6 nitrogen and oxygen atoms in total. The van der Waals surface area contributed by atoms with Gasteiger partial charge in [-0.3, -0.25) is 9.59 Å². The Balaban J connectivity index is 3.29. The Morgan fingerprint density at radius 3 is 0.930 bits per heavy atom. The Labute approximate surface area is 539 Å². The van der Waals surface area contributed by atoms with Gasteiger partial charge in [0.05, 0.1) is 25.4 Å². The standard InChI is InChI=1S/C80H155NO5/c1-3-5-7-9-11-13-15-17-18-42-45-49-52-56-60-64-68-72-78(83)77(76-82)81-79(84)73-69-65-61-57-53-50-46-43-40-38-36-34-32-30-28-26-24-22-20-19-21-23-25-27-29-31-33-35-37-39-41-44-47-51-55-59-63-67-71-75-86-80(85)74-70-66-62-58-54-48-16-14-12-10-8-6-4-2/h8,10,14,16,77-78,82-83H,3-7,9,11-13,15,17-76H2,1-2H3,(H,81,84)/b10-8-,16-14-. The highest BCUT2D eigenvalue weighted by atomic mass is 16.5. The van der Waals surface area contributed by atoms with E-state index >= 15 is 0 Å². The second-order valence-corrected chi connectivity index (χ2v) is 27.4. The second-order valence-electron chi connectivity index (χ2n) is 27.4. The van der Waals surface area contributed by atoms with Gasteiger partial charge in [-0.05, 0) is 51.4 Å². The van der Waals surface area contributed by atoms with Gasteiger partial charge in [0.25, 0.3) is 0 Å². The quantitative estimate of drug-likeness (QED) is 0.0320. The molecule has 0 aliphatic heterocycles. The van der Waals surface area contributed by atoms with E-state index in [-0.39, 0.29) is 18.5 Å². The topological polar surface area (TPSA) is 95.9 Å². The summed E-state index contributed by atoms with van der Waals surface area (Å²) in [6, 6.07) is -0.536. The summed E-state index contributed by atoms with van der Waals surface area (Å²) in [5, 5.41) is 23.4. The number of nitrogens with one attached hydrogen (secondary N) is 1. The molecule has 0 aromatic rings. The van der Waals surface area contributed by atoms with Gasteiger partial charge in [0.15, 0.2) is 0 Å². The lowest BCUT2D eigenvalue weighted by molar-refractivity contribution is -0.143. The van der Waals surface area contributed by atoms with Crippen molar-refractivity contribution >= 4 is 11.9 Å². The zero-order chi connectivity index (χ0) is 62.0. The minimum Gasteiger partial charge on any atom is -0.466 e. The van der Waals surface area contributed by atoms with Crippen LogP contribution in [0.4, 0.5) is 0 Å². The highest BCUT2D eigenvalue weighted by Crippen LogP contribution is 2.20. The summed E-state index contributed by atoms with van der Waals surface area (Å²) in [5.41, 5.74) is 0. The highest BCUT2D eigenvalue weighted by Gasteiger charge is 2.20. The Morgan fingerprint density at radius 1 is 0.326 bits per heavy atom. The summed E-state index contributed by atoms with van der Waals surface area (Å²) in [4.78, 5) is 24.6. The molecule has 0 heterocycles. The largest absolute Gasteiger partial charge is 0.466 e. The lowest BCUT2D eigenvalue weighted by atomic mass is 10.0. The number of carbonyl (C=O) groups is 2. The van der Waals surface area contributed by atoms with E-state index in [2.05, 4.69) is 43.5 Å². The molecule has 0 fully saturated rings. The first-order valence-electron chi connectivity index (χ1n) is 39.6. The van der Waals surface area contributed by atoms with Crippen LogP contribution in [-0.4, -0.2) is 47.4 Å². The summed E-state index contributed by atoms with van der Waals surface area (Å²) in [5.74, 6) is -0.0152. The van der Waals surface area contributed by atoms with E-state index in [1.54, 1.807) is 0 Å². The number of hydrogen-bond acceptors (Lipinski definition) is 5. The molecule has 0 aliphatic carbocycles. The number of aliphatic hydroxyl groups is 2. The van der Waals surface area contributed by atoms with Crippen LogP contribution in [0, 0.1) is 0 Å². The first-order chi connectivity index (χ1) is 42.5. The van der Waals surface area contributed by atoms with E-state index in [4.69, 9.17) is 4.74 Å². The number of hydrogen-bond donors (Lipinski definition) is 3. The van der Waals surface area contributed by atoms with Crippen LogP contribution in [0.25, 0.3) is 0 Å². The molecule has 0 radical (unpaired) electrons. The molecule has 2 unspecified atom stereocenters. The van der Waals surface area contributed by atoms with E-state index in [0.717, 1.165) is 51.4 Å². The van der Waals surface area contributed by atoms with Gasteiger partial charge < -0.3 is 20.3 Å². The summed E-state index contributed by atoms with van der Waals surface area (Å²) >= 11 is 0. The maximum atomic E-state index is 12.5. The van der Waals surface area contributed by atoms with Crippen molar-refractivity contribution < 1.29 is 24.5 Å². The number of allylic oxidation sites excluding steroid dienone is 4. The lowest BCUT2D eigenvalue weighted by Gasteiger charge is -2.22. The molecule has 1 amide bonds. The number of unbranched alkanes of at least 4 members (excludes halogenated alkanes) is 60. The zero-order valence-corrected chi connectivity index (χ0v) is 58.6. The predicted octanol–water partition coefficient (Wildman–Crippen LogP) is 26.0. The molecule has 0 spiro atoms. The summed E-state index contributed by atoms with van der Waals surface area (Å²) in [7, 11) is 0. The first-order valence-corrected chi connectivity index (χ1v) is 39.6. The molecule has 2 atom stereocenters. The van der Waals surface area contributed by atoms with Gasteiger partial charge in [-0.1, -0.05) is 411 Å². The number of amides is 1. The Hall–Kier alpha value is -1.66.